The number of rotatable bonds is 3. The van der Waals surface area contributed by atoms with Crippen LogP contribution in [0.5, 0.6) is 17.2 Å². The van der Waals surface area contributed by atoms with E-state index in [1.807, 2.05) is 18.2 Å². The molecule has 0 aromatic heterocycles. The molecule has 0 amide bonds. The van der Waals surface area contributed by atoms with Crippen molar-refractivity contribution in [1.82, 2.24) is 4.90 Å². The minimum Gasteiger partial charge on any atom is -0.497 e. The quantitative estimate of drug-likeness (QED) is 0.522. The molecule has 1 fully saturated rings. The normalized spacial score (nSPS) is 20.2. The first-order valence-electron chi connectivity index (χ1n) is 10.0. The number of benzene rings is 3. The molecule has 4 heteroatoms. The second kappa shape index (κ2) is 7.40. The zero-order valence-electron chi connectivity index (χ0n) is 16.7. The fourth-order valence-electron chi connectivity index (χ4n) is 4.76. The molecule has 0 unspecified atom stereocenters. The molecular formula is C25H24ClNO2. The van der Waals surface area contributed by atoms with E-state index in [1.54, 1.807) is 7.11 Å². The van der Waals surface area contributed by atoms with E-state index in [0.29, 0.717) is 11.8 Å². The van der Waals surface area contributed by atoms with Gasteiger partial charge in [-0.1, -0.05) is 35.9 Å². The second-order valence-corrected chi connectivity index (χ2v) is 8.46. The largest absolute Gasteiger partial charge is 0.497 e. The molecule has 3 aromatic rings. The number of methoxy groups -OCH3 is 1. The van der Waals surface area contributed by atoms with Crippen molar-refractivity contribution in [3.63, 3.8) is 0 Å². The number of nitrogens with zero attached hydrogens (tertiary/aromatic N) is 1. The summed E-state index contributed by atoms with van der Waals surface area (Å²) in [6.07, 6.45) is 0. The third-order valence-electron chi connectivity index (χ3n) is 6.25. The lowest BCUT2D eigenvalue weighted by molar-refractivity contribution is 0.320. The van der Waals surface area contributed by atoms with Crippen LogP contribution in [0.15, 0.2) is 60.7 Å². The molecule has 0 bridgehead atoms. The molecule has 3 nitrogen and oxygen atoms in total. The van der Waals surface area contributed by atoms with E-state index < -0.39 is 0 Å². The number of para-hydroxylation sites is 1. The monoisotopic (exact) mass is 405 g/mol. The Morgan fingerprint density at radius 3 is 2.52 bits per heavy atom. The molecule has 5 rings (SSSR count). The first-order valence-corrected chi connectivity index (χ1v) is 10.4. The number of hydrogen-bond acceptors (Lipinski definition) is 3. The predicted octanol–water partition coefficient (Wildman–Crippen LogP) is 6.15. The van der Waals surface area contributed by atoms with Crippen molar-refractivity contribution in [2.45, 2.75) is 25.3 Å². The van der Waals surface area contributed by atoms with Crippen molar-refractivity contribution < 1.29 is 9.47 Å². The average molecular weight is 406 g/mol. The Balaban J connectivity index is 1.50. The van der Waals surface area contributed by atoms with E-state index in [2.05, 4.69) is 54.3 Å². The fourth-order valence-corrected chi connectivity index (χ4v) is 4.94. The van der Waals surface area contributed by atoms with Gasteiger partial charge in [-0.15, -0.1) is 0 Å². The molecule has 0 radical (unpaired) electrons. The Kier molecular flexibility index (Phi) is 4.73. The second-order valence-electron chi connectivity index (χ2n) is 8.02. The lowest BCUT2D eigenvalue weighted by Gasteiger charge is -2.19. The molecule has 0 N–H and O–H groups in total. The highest BCUT2D eigenvalue weighted by Crippen LogP contribution is 2.50. The van der Waals surface area contributed by atoms with Crippen molar-refractivity contribution in [2.75, 3.05) is 20.2 Å². The van der Waals surface area contributed by atoms with Gasteiger partial charge in [0.2, 0.25) is 0 Å². The first kappa shape index (κ1) is 18.5. The standard InChI is InChI=1S/C25H24ClNO2/c1-16-11-19(28-2)9-7-17(16)13-27-14-22-20-5-3-4-6-24(20)29-25-10-8-18(26)12-21(25)23(22)15-27/h3-12,22-23H,13-15H2,1-2H3/t22-,23-/m1/s1. The van der Waals surface area contributed by atoms with Crippen molar-refractivity contribution in [3.8, 4) is 17.2 Å². The van der Waals surface area contributed by atoms with Gasteiger partial charge in [0.05, 0.1) is 7.11 Å². The summed E-state index contributed by atoms with van der Waals surface area (Å²) in [5.41, 5.74) is 5.12. The van der Waals surface area contributed by atoms with Gasteiger partial charge in [0.1, 0.15) is 17.2 Å². The number of halogens is 1. The summed E-state index contributed by atoms with van der Waals surface area (Å²) < 4.78 is 11.7. The van der Waals surface area contributed by atoms with Crippen molar-refractivity contribution in [1.29, 1.82) is 0 Å². The van der Waals surface area contributed by atoms with Gasteiger partial charge in [-0.2, -0.15) is 0 Å². The van der Waals surface area contributed by atoms with Gasteiger partial charge in [-0.05, 0) is 60.0 Å². The fraction of sp³-hybridized carbons (Fsp3) is 0.280. The smallest absolute Gasteiger partial charge is 0.131 e. The number of aryl methyl sites for hydroxylation is 1. The van der Waals surface area contributed by atoms with E-state index >= 15 is 0 Å². The van der Waals surface area contributed by atoms with Crippen molar-refractivity contribution in [2.24, 2.45) is 0 Å². The molecule has 2 heterocycles. The lowest BCUT2D eigenvalue weighted by Crippen LogP contribution is -2.21. The van der Waals surface area contributed by atoms with E-state index in [0.717, 1.165) is 41.9 Å². The molecular weight excluding hydrogens is 382 g/mol. The van der Waals surface area contributed by atoms with Gasteiger partial charge in [0, 0.05) is 42.1 Å². The Labute approximate surface area is 176 Å². The molecule has 0 saturated carbocycles. The molecule has 0 spiro atoms. The Bertz CT molecular complexity index is 1060. The zero-order valence-corrected chi connectivity index (χ0v) is 17.4. The molecule has 0 aliphatic carbocycles. The first-order chi connectivity index (χ1) is 14.1. The van der Waals surface area contributed by atoms with Crippen LogP contribution in [0.4, 0.5) is 0 Å². The maximum Gasteiger partial charge on any atom is 0.131 e. The molecule has 1 saturated heterocycles. The van der Waals surface area contributed by atoms with Crippen LogP contribution in [0.1, 0.15) is 34.1 Å². The van der Waals surface area contributed by atoms with Gasteiger partial charge in [0.15, 0.2) is 0 Å². The molecule has 3 aromatic carbocycles. The average Bonchev–Trinajstić information content (AvgIpc) is 3.09. The van der Waals surface area contributed by atoms with Crippen molar-refractivity contribution in [3.05, 3.63) is 87.9 Å². The summed E-state index contributed by atoms with van der Waals surface area (Å²) in [6.45, 7) is 5.08. The van der Waals surface area contributed by atoms with Crippen LogP contribution >= 0.6 is 11.6 Å². The van der Waals surface area contributed by atoms with Crippen LogP contribution in [0, 0.1) is 6.92 Å². The van der Waals surface area contributed by atoms with Gasteiger partial charge >= 0.3 is 0 Å². The molecule has 148 valence electrons. The van der Waals surface area contributed by atoms with Crippen LogP contribution in [0.2, 0.25) is 5.02 Å². The van der Waals surface area contributed by atoms with E-state index in [4.69, 9.17) is 21.1 Å². The van der Waals surface area contributed by atoms with Crippen LogP contribution in [0.3, 0.4) is 0 Å². The summed E-state index contributed by atoms with van der Waals surface area (Å²) in [7, 11) is 1.71. The molecule has 2 atom stereocenters. The zero-order chi connectivity index (χ0) is 20.0. The highest BCUT2D eigenvalue weighted by Gasteiger charge is 2.39. The number of likely N-dealkylation sites (tertiary alicyclic amines) is 1. The van der Waals surface area contributed by atoms with Crippen LogP contribution < -0.4 is 9.47 Å². The Morgan fingerprint density at radius 2 is 1.72 bits per heavy atom. The number of hydrogen-bond donors (Lipinski definition) is 0. The maximum absolute atomic E-state index is 6.37. The minimum atomic E-state index is 0.367. The molecule has 2 aliphatic heterocycles. The predicted molar refractivity (Wildman–Crippen MR) is 116 cm³/mol. The van der Waals surface area contributed by atoms with E-state index in [9.17, 15) is 0 Å². The third-order valence-corrected chi connectivity index (χ3v) is 6.48. The summed E-state index contributed by atoms with van der Waals surface area (Å²) in [4.78, 5) is 2.55. The molecule has 2 aliphatic rings. The van der Waals surface area contributed by atoms with Crippen LogP contribution in [0.25, 0.3) is 0 Å². The molecule has 29 heavy (non-hydrogen) atoms. The maximum atomic E-state index is 6.37. The number of fused-ring (bicyclic) bond motifs is 5. The Hall–Kier alpha value is -2.49. The third kappa shape index (κ3) is 3.39. The summed E-state index contributed by atoms with van der Waals surface area (Å²) in [5.74, 6) is 3.56. The van der Waals surface area contributed by atoms with Gasteiger partial charge in [0.25, 0.3) is 0 Å². The summed E-state index contributed by atoms with van der Waals surface area (Å²) >= 11 is 6.37. The number of ether oxygens (including phenoxy) is 2. The van der Waals surface area contributed by atoms with Gasteiger partial charge < -0.3 is 9.47 Å². The highest BCUT2D eigenvalue weighted by atomic mass is 35.5. The van der Waals surface area contributed by atoms with Crippen LogP contribution in [-0.2, 0) is 6.54 Å². The summed E-state index contributed by atoms with van der Waals surface area (Å²) in [6, 6.07) is 20.8. The Morgan fingerprint density at radius 1 is 0.966 bits per heavy atom. The SMILES string of the molecule is COc1ccc(CN2C[C@@H]3c4ccccc4Oc4ccc(Cl)cc4[C@H]3C2)c(C)c1. The van der Waals surface area contributed by atoms with Crippen molar-refractivity contribution >= 4 is 11.6 Å². The van der Waals surface area contributed by atoms with Gasteiger partial charge in [-0.3, -0.25) is 4.90 Å². The van der Waals surface area contributed by atoms with Gasteiger partial charge in [-0.25, -0.2) is 0 Å². The van der Waals surface area contributed by atoms with Crippen LogP contribution in [-0.4, -0.2) is 25.1 Å². The van der Waals surface area contributed by atoms with E-state index in [1.165, 1.54) is 22.3 Å². The highest BCUT2D eigenvalue weighted by molar-refractivity contribution is 6.30. The van der Waals surface area contributed by atoms with E-state index in [-0.39, 0.29) is 0 Å². The summed E-state index contributed by atoms with van der Waals surface area (Å²) in [5, 5.41) is 0.765. The topological polar surface area (TPSA) is 21.7 Å². The minimum absolute atomic E-state index is 0.367. The lowest BCUT2D eigenvalue weighted by atomic mass is 9.84.